The lowest BCUT2D eigenvalue weighted by molar-refractivity contribution is -0.155. The molecule has 80 valence electrons. The standard InChI is InChI=1S/C8H12O6/c9-5-6(4-1-10-2-11-4)14-8-7(5)12-3-13-8/h4-9H,1-3H2/t4-,5+,6-,7-,8+/m1/s1. The number of aliphatic hydroxyl groups excluding tert-OH is 1. The molecule has 3 heterocycles. The van der Waals surface area contributed by atoms with Crippen LogP contribution in [-0.4, -0.2) is 56.0 Å². The highest BCUT2D eigenvalue weighted by atomic mass is 16.8. The second kappa shape index (κ2) is 3.41. The number of rotatable bonds is 1. The number of hydrogen-bond donors (Lipinski definition) is 1. The summed E-state index contributed by atoms with van der Waals surface area (Å²) in [5.41, 5.74) is 0. The van der Waals surface area contributed by atoms with E-state index < -0.39 is 18.5 Å². The minimum atomic E-state index is -0.700. The average Bonchev–Trinajstić information content (AvgIpc) is 2.84. The first-order chi connectivity index (χ1) is 6.86. The molecule has 0 bridgehead atoms. The first-order valence-corrected chi connectivity index (χ1v) is 4.62. The lowest BCUT2D eigenvalue weighted by Crippen LogP contribution is -2.40. The zero-order valence-electron chi connectivity index (χ0n) is 7.50. The fraction of sp³-hybridized carbons (Fsp3) is 1.00. The van der Waals surface area contributed by atoms with E-state index >= 15 is 0 Å². The Bertz CT molecular complexity index is 216. The predicted molar refractivity (Wildman–Crippen MR) is 41.2 cm³/mol. The molecule has 3 aliphatic rings. The Morgan fingerprint density at radius 1 is 1.00 bits per heavy atom. The monoisotopic (exact) mass is 204 g/mol. The van der Waals surface area contributed by atoms with E-state index in [2.05, 4.69) is 0 Å². The molecule has 0 aliphatic carbocycles. The summed E-state index contributed by atoms with van der Waals surface area (Å²) in [6, 6.07) is 0. The van der Waals surface area contributed by atoms with Gasteiger partial charge in [-0.15, -0.1) is 0 Å². The highest BCUT2D eigenvalue weighted by molar-refractivity contribution is 4.94. The molecule has 3 saturated heterocycles. The quantitative estimate of drug-likeness (QED) is 0.580. The Morgan fingerprint density at radius 3 is 2.64 bits per heavy atom. The second-order valence-corrected chi connectivity index (χ2v) is 3.57. The zero-order chi connectivity index (χ0) is 9.54. The highest BCUT2D eigenvalue weighted by Crippen LogP contribution is 2.32. The lowest BCUT2D eigenvalue weighted by Gasteiger charge is -2.20. The minimum Gasteiger partial charge on any atom is -0.387 e. The summed E-state index contributed by atoms with van der Waals surface area (Å²) in [4.78, 5) is 0. The summed E-state index contributed by atoms with van der Waals surface area (Å²) in [7, 11) is 0. The average molecular weight is 204 g/mol. The van der Waals surface area contributed by atoms with E-state index in [0.29, 0.717) is 6.61 Å². The second-order valence-electron chi connectivity index (χ2n) is 3.57. The fourth-order valence-electron chi connectivity index (χ4n) is 2.00. The molecule has 3 aliphatic heterocycles. The molecule has 0 amide bonds. The summed E-state index contributed by atoms with van der Waals surface area (Å²) in [5.74, 6) is 0. The third kappa shape index (κ3) is 1.27. The third-order valence-corrected chi connectivity index (χ3v) is 2.74. The molecular weight excluding hydrogens is 192 g/mol. The fourth-order valence-corrected chi connectivity index (χ4v) is 2.00. The van der Waals surface area contributed by atoms with Crippen LogP contribution in [0.4, 0.5) is 0 Å². The summed E-state index contributed by atoms with van der Waals surface area (Å²) >= 11 is 0. The molecule has 0 spiro atoms. The van der Waals surface area contributed by atoms with Gasteiger partial charge in [0.05, 0.1) is 6.61 Å². The van der Waals surface area contributed by atoms with Crippen LogP contribution < -0.4 is 0 Å². The van der Waals surface area contributed by atoms with E-state index in [9.17, 15) is 5.11 Å². The van der Waals surface area contributed by atoms with Crippen LogP contribution in [0.2, 0.25) is 0 Å². The van der Waals surface area contributed by atoms with Crippen LogP contribution in [0.1, 0.15) is 0 Å². The Balaban J connectivity index is 1.70. The van der Waals surface area contributed by atoms with Crippen molar-refractivity contribution in [1.82, 2.24) is 0 Å². The van der Waals surface area contributed by atoms with Gasteiger partial charge in [0.1, 0.15) is 31.2 Å². The van der Waals surface area contributed by atoms with E-state index in [1.807, 2.05) is 0 Å². The number of aliphatic hydroxyl groups is 1. The Morgan fingerprint density at radius 2 is 1.93 bits per heavy atom. The van der Waals surface area contributed by atoms with Gasteiger partial charge in [-0.3, -0.25) is 0 Å². The maximum atomic E-state index is 9.85. The van der Waals surface area contributed by atoms with Crippen LogP contribution in [0.25, 0.3) is 0 Å². The van der Waals surface area contributed by atoms with Gasteiger partial charge in [-0.1, -0.05) is 0 Å². The molecule has 14 heavy (non-hydrogen) atoms. The Hall–Kier alpha value is -0.240. The van der Waals surface area contributed by atoms with E-state index in [1.54, 1.807) is 0 Å². The molecule has 0 aromatic carbocycles. The summed E-state index contributed by atoms with van der Waals surface area (Å²) < 4.78 is 26.1. The van der Waals surface area contributed by atoms with Gasteiger partial charge in [-0.2, -0.15) is 0 Å². The largest absolute Gasteiger partial charge is 0.387 e. The molecule has 0 aromatic heterocycles. The van der Waals surface area contributed by atoms with E-state index in [0.717, 1.165) is 0 Å². The van der Waals surface area contributed by atoms with Crippen molar-refractivity contribution in [1.29, 1.82) is 0 Å². The maximum Gasteiger partial charge on any atom is 0.189 e. The predicted octanol–water partition coefficient (Wildman–Crippen LogP) is -1.18. The van der Waals surface area contributed by atoms with Crippen molar-refractivity contribution in [2.24, 2.45) is 0 Å². The molecule has 3 fully saturated rings. The van der Waals surface area contributed by atoms with Crippen LogP contribution in [-0.2, 0) is 23.7 Å². The molecule has 3 rings (SSSR count). The molecule has 6 nitrogen and oxygen atoms in total. The van der Waals surface area contributed by atoms with Crippen LogP contribution in [0.3, 0.4) is 0 Å². The van der Waals surface area contributed by atoms with Crippen LogP contribution in [0.15, 0.2) is 0 Å². The topological polar surface area (TPSA) is 66.4 Å². The van der Waals surface area contributed by atoms with Crippen LogP contribution in [0, 0.1) is 0 Å². The Kier molecular flexibility index (Phi) is 2.19. The van der Waals surface area contributed by atoms with E-state index in [1.165, 1.54) is 0 Å². The van der Waals surface area contributed by atoms with Gasteiger partial charge in [-0.05, 0) is 0 Å². The zero-order valence-corrected chi connectivity index (χ0v) is 7.50. The van der Waals surface area contributed by atoms with Crippen LogP contribution in [0.5, 0.6) is 0 Å². The normalized spacial score (nSPS) is 52.5. The van der Waals surface area contributed by atoms with Gasteiger partial charge in [-0.25, -0.2) is 0 Å². The maximum absolute atomic E-state index is 9.85. The van der Waals surface area contributed by atoms with Crippen molar-refractivity contribution in [3.8, 4) is 0 Å². The molecular formula is C8H12O6. The molecule has 0 radical (unpaired) electrons. The van der Waals surface area contributed by atoms with Gasteiger partial charge < -0.3 is 28.8 Å². The third-order valence-electron chi connectivity index (χ3n) is 2.74. The minimum absolute atomic E-state index is 0.182. The van der Waals surface area contributed by atoms with Crippen molar-refractivity contribution in [2.45, 2.75) is 30.7 Å². The van der Waals surface area contributed by atoms with Crippen molar-refractivity contribution < 1.29 is 28.8 Å². The molecule has 0 unspecified atom stereocenters. The lowest BCUT2D eigenvalue weighted by atomic mass is 10.1. The number of ether oxygens (including phenoxy) is 5. The van der Waals surface area contributed by atoms with Gasteiger partial charge in [0.25, 0.3) is 0 Å². The SMILES string of the molecule is O[C@@H]1[C@H]2OCO[C@H]2O[C@@H]1[C@H]1COCO1. The number of fused-ring (bicyclic) bond motifs is 1. The molecule has 1 N–H and O–H groups in total. The van der Waals surface area contributed by atoms with Crippen molar-refractivity contribution in [3.05, 3.63) is 0 Å². The highest BCUT2D eigenvalue weighted by Gasteiger charge is 2.52. The van der Waals surface area contributed by atoms with Crippen molar-refractivity contribution in [2.75, 3.05) is 20.2 Å². The summed E-state index contributed by atoms with van der Waals surface area (Å²) in [5, 5.41) is 9.85. The van der Waals surface area contributed by atoms with Crippen molar-refractivity contribution >= 4 is 0 Å². The van der Waals surface area contributed by atoms with Crippen LogP contribution >= 0.6 is 0 Å². The van der Waals surface area contributed by atoms with E-state index in [-0.39, 0.29) is 25.8 Å². The summed E-state index contributed by atoms with van der Waals surface area (Å²) in [6.45, 7) is 0.886. The smallest absolute Gasteiger partial charge is 0.189 e. The number of hydrogen-bond acceptors (Lipinski definition) is 6. The van der Waals surface area contributed by atoms with E-state index in [4.69, 9.17) is 23.7 Å². The van der Waals surface area contributed by atoms with Gasteiger partial charge >= 0.3 is 0 Å². The molecule has 5 atom stereocenters. The molecule has 6 heteroatoms. The molecule has 0 aromatic rings. The first-order valence-electron chi connectivity index (χ1n) is 4.62. The van der Waals surface area contributed by atoms with Gasteiger partial charge in [0, 0.05) is 0 Å². The summed E-state index contributed by atoms with van der Waals surface area (Å²) in [6.07, 6.45) is -2.17. The van der Waals surface area contributed by atoms with Crippen molar-refractivity contribution in [3.63, 3.8) is 0 Å². The first kappa shape index (κ1) is 9.02. The van der Waals surface area contributed by atoms with Gasteiger partial charge in [0.2, 0.25) is 0 Å². The Labute approximate surface area is 80.6 Å². The molecule has 0 saturated carbocycles. The van der Waals surface area contributed by atoms with Gasteiger partial charge in [0.15, 0.2) is 13.1 Å².